The summed E-state index contributed by atoms with van der Waals surface area (Å²) >= 11 is 2.04. The molecule has 0 atom stereocenters. The van der Waals surface area contributed by atoms with Gasteiger partial charge in [-0.05, 0) is 41.6 Å². The molecule has 0 saturated carbocycles. The van der Waals surface area contributed by atoms with Crippen LogP contribution in [0.1, 0.15) is 22.8 Å². The van der Waals surface area contributed by atoms with Gasteiger partial charge in [-0.2, -0.15) is 5.26 Å². The first-order chi connectivity index (χ1) is 6.61. The zero-order chi connectivity index (χ0) is 10.7. The number of hydrogen-bond donors (Lipinski definition) is 0. The number of nitrogens with zero attached hydrogens (tertiary/aromatic N) is 1. The van der Waals surface area contributed by atoms with Crippen molar-refractivity contribution in [2.45, 2.75) is 6.92 Å². The summed E-state index contributed by atoms with van der Waals surface area (Å²) in [5, 5.41) is 8.89. The lowest BCUT2D eigenvalue weighted by atomic mass is 10.1. The number of rotatable bonds is 2. The van der Waals surface area contributed by atoms with Crippen LogP contribution in [0, 0.1) is 14.9 Å². The predicted octanol–water partition coefficient (Wildman–Crippen LogP) is 2.37. The van der Waals surface area contributed by atoms with Crippen molar-refractivity contribution in [2.75, 3.05) is 7.11 Å². The zero-order valence-electron chi connectivity index (χ0n) is 7.80. The number of Topliss-reactive ketones (excluding diaryl/α,β-unsaturated/α-hetero) is 1. The Morgan fingerprint density at radius 2 is 2.21 bits per heavy atom. The topological polar surface area (TPSA) is 50.1 Å². The van der Waals surface area contributed by atoms with Crippen LogP contribution in [0.2, 0.25) is 0 Å². The average molecular weight is 301 g/mol. The third kappa shape index (κ3) is 1.87. The van der Waals surface area contributed by atoms with E-state index in [2.05, 4.69) is 0 Å². The summed E-state index contributed by atoms with van der Waals surface area (Å²) in [6.07, 6.45) is 0. The van der Waals surface area contributed by atoms with Gasteiger partial charge in [-0.1, -0.05) is 0 Å². The number of ether oxygens (including phenoxy) is 1. The molecule has 0 radical (unpaired) electrons. The number of carbonyl (C=O) groups excluding carboxylic acids is 1. The van der Waals surface area contributed by atoms with E-state index in [1.165, 1.54) is 14.0 Å². The lowest BCUT2D eigenvalue weighted by Crippen LogP contribution is -2.01. The molecule has 0 amide bonds. The second-order valence-corrected chi connectivity index (χ2v) is 3.83. The van der Waals surface area contributed by atoms with Gasteiger partial charge in [0, 0.05) is 3.57 Å². The highest BCUT2D eigenvalue weighted by Gasteiger charge is 2.14. The molecular formula is C10H8INO2. The summed E-state index contributed by atoms with van der Waals surface area (Å²) < 4.78 is 5.85. The Morgan fingerprint density at radius 3 is 2.64 bits per heavy atom. The Morgan fingerprint density at radius 1 is 1.57 bits per heavy atom. The number of ketones is 1. The van der Waals surface area contributed by atoms with Gasteiger partial charge >= 0.3 is 0 Å². The molecule has 0 aliphatic rings. The summed E-state index contributed by atoms with van der Waals surface area (Å²) in [5.74, 6) is 0.265. The Kier molecular flexibility index (Phi) is 3.47. The van der Waals surface area contributed by atoms with Gasteiger partial charge in [0.25, 0.3) is 0 Å². The maximum atomic E-state index is 11.2. The lowest BCUT2D eigenvalue weighted by molar-refractivity contribution is 0.101. The van der Waals surface area contributed by atoms with Crippen LogP contribution in [0.3, 0.4) is 0 Å². The molecule has 0 spiro atoms. The van der Waals surface area contributed by atoms with E-state index in [1.54, 1.807) is 12.1 Å². The van der Waals surface area contributed by atoms with E-state index in [9.17, 15) is 4.79 Å². The minimum Gasteiger partial charge on any atom is -0.495 e. The summed E-state index contributed by atoms with van der Waals surface area (Å²) in [7, 11) is 1.46. The molecule has 0 N–H and O–H groups in total. The fourth-order valence-corrected chi connectivity index (χ4v) is 1.70. The molecule has 0 unspecified atom stereocenters. The van der Waals surface area contributed by atoms with Crippen molar-refractivity contribution in [3.8, 4) is 11.8 Å². The first-order valence-corrected chi connectivity index (χ1v) is 4.97. The Hall–Kier alpha value is -1.09. The highest BCUT2D eigenvalue weighted by molar-refractivity contribution is 14.1. The molecule has 1 rings (SSSR count). The van der Waals surface area contributed by atoms with Crippen molar-refractivity contribution in [3.63, 3.8) is 0 Å². The predicted molar refractivity (Wildman–Crippen MR) is 60.4 cm³/mol. The van der Waals surface area contributed by atoms with Gasteiger partial charge in [0.05, 0.1) is 12.7 Å². The van der Waals surface area contributed by atoms with Crippen LogP contribution < -0.4 is 4.74 Å². The molecular weight excluding hydrogens is 293 g/mol. The number of hydrogen-bond acceptors (Lipinski definition) is 3. The molecule has 0 aromatic heterocycles. The maximum Gasteiger partial charge on any atom is 0.163 e. The van der Waals surface area contributed by atoms with Crippen LogP contribution in [-0.2, 0) is 0 Å². The molecule has 0 aliphatic heterocycles. The SMILES string of the molecule is COc1c(C(C)=O)ccc(I)c1C#N. The number of methoxy groups -OCH3 is 1. The summed E-state index contributed by atoms with van der Waals surface area (Å²) in [6, 6.07) is 5.43. The third-order valence-corrected chi connectivity index (χ3v) is 2.70. The summed E-state index contributed by atoms with van der Waals surface area (Å²) in [5.41, 5.74) is 0.866. The molecule has 1 aromatic rings. The molecule has 0 aliphatic carbocycles. The second-order valence-electron chi connectivity index (χ2n) is 2.67. The van der Waals surface area contributed by atoms with Gasteiger partial charge in [0.15, 0.2) is 5.78 Å². The van der Waals surface area contributed by atoms with E-state index in [-0.39, 0.29) is 5.78 Å². The second kappa shape index (κ2) is 4.42. The largest absolute Gasteiger partial charge is 0.495 e. The van der Waals surface area contributed by atoms with Crippen molar-refractivity contribution in [1.82, 2.24) is 0 Å². The van der Waals surface area contributed by atoms with Gasteiger partial charge < -0.3 is 4.74 Å². The van der Waals surface area contributed by atoms with E-state index < -0.39 is 0 Å². The molecule has 14 heavy (non-hydrogen) atoms. The fraction of sp³-hybridized carbons (Fsp3) is 0.200. The monoisotopic (exact) mass is 301 g/mol. The normalized spacial score (nSPS) is 9.29. The highest BCUT2D eigenvalue weighted by atomic mass is 127. The van der Waals surface area contributed by atoms with Gasteiger partial charge in [-0.15, -0.1) is 0 Å². The summed E-state index contributed by atoms with van der Waals surface area (Å²) in [6.45, 7) is 1.45. The van der Waals surface area contributed by atoms with Crippen LogP contribution in [0.4, 0.5) is 0 Å². The first-order valence-electron chi connectivity index (χ1n) is 3.89. The van der Waals surface area contributed by atoms with Crippen molar-refractivity contribution < 1.29 is 9.53 Å². The standard InChI is InChI=1S/C10H8INO2/c1-6(13)7-3-4-9(11)8(5-12)10(7)14-2/h3-4H,1-2H3. The molecule has 0 heterocycles. The van der Waals surface area contributed by atoms with E-state index >= 15 is 0 Å². The van der Waals surface area contributed by atoms with Crippen molar-refractivity contribution in [2.24, 2.45) is 0 Å². The minimum atomic E-state index is -0.102. The number of benzene rings is 1. The molecule has 72 valence electrons. The van der Waals surface area contributed by atoms with E-state index in [4.69, 9.17) is 10.00 Å². The van der Waals surface area contributed by atoms with Crippen molar-refractivity contribution in [3.05, 3.63) is 26.8 Å². The van der Waals surface area contributed by atoms with Gasteiger partial charge in [-0.3, -0.25) is 4.79 Å². The van der Waals surface area contributed by atoms with Crippen LogP contribution in [0.15, 0.2) is 12.1 Å². The van der Waals surface area contributed by atoms with Gasteiger partial charge in [0.1, 0.15) is 17.4 Å². The summed E-state index contributed by atoms with van der Waals surface area (Å²) in [4.78, 5) is 11.2. The van der Waals surface area contributed by atoms with Crippen molar-refractivity contribution in [1.29, 1.82) is 5.26 Å². The third-order valence-electron chi connectivity index (χ3n) is 1.80. The maximum absolute atomic E-state index is 11.2. The Balaban J connectivity index is 3.50. The lowest BCUT2D eigenvalue weighted by Gasteiger charge is -2.08. The van der Waals surface area contributed by atoms with E-state index in [0.29, 0.717) is 16.9 Å². The van der Waals surface area contributed by atoms with Crippen LogP contribution in [0.5, 0.6) is 5.75 Å². The molecule has 1 aromatic carbocycles. The number of carbonyl (C=O) groups is 1. The number of nitriles is 1. The molecule has 0 fully saturated rings. The quantitative estimate of drug-likeness (QED) is 0.622. The van der Waals surface area contributed by atoms with Crippen LogP contribution >= 0.6 is 22.6 Å². The zero-order valence-corrected chi connectivity index (χ0v) is 9.95. The van der Waals surface area contributed by atoms with E-state index in [1.807, 2.05) is 28.7 Å². The molecule has 0 bridgehead atoms. The Labute approximate surface area is 95.8 Å². The number of halogens is 1. The van der Waals surface area contributed by atoms with Crippen LogP contribution in [-0.4, -0.2) is 12.9 Å². The Bertz CT molecular complexity index is 421. The first kappa shape index (κ1) is 11.0. The van der Waals surface area contributed by atoms with Crippen molar-refractivity contribution >= 4 is 28.4 Å². The molecule has 4 heteroatoms. The van der Waals surface area contributed by atoms with Crippen LogP contribution in [0.25, 0.3) is 0 Å². The minimum absolute atomic E-state index is 0.102. The van der Waals surface area contributed by atoms with Gasteiger partial charge in [-0.25, -0.2) is 0 Å². The fourth-order valence-electron chi connectivity index (χ4n) is 1.15. The highest BCUT2D eigenvalue weighted by Crippen LogP contribution is 2.27. The van der Waals surface area contributed by atoms with Gasteiger partial charge in [0.2, 0.25) is 0 Å². The molecule has 3 nitrogen and oxygen atoms in total. The smallest absolute Gasteiger partial charge is 0.163 e. The molecule has 0 saturated heterocycles. The average Bonchev–Trinajstić information content (AvgIpc) is 2.16. The van der Waals surface area contributed by atoms with E-state index in [0.717, 1.165) is 3.57 Å².